The Labute approximate surface area is 129 Å². The molecule has 0 fully saturated rings. The first-order chi connectivity index (χ1) is 10.3. The summed E-state index contributed by atoms with van der Waals surface area (Å²) in [4.78, 5) is 24.3. The largest absolute Gasteiger partial charge is 0.497 e. The number of Topliss-reactive ketones (excluding diaryl/α,β-unsaturated/α-hetero) is 1. The van der Waals surface area contributed by atoms with E-state index in [1.807, 2.05) is 0 Å². The second-order valence-electron chi connectivity index (χ2n) is 5.52. The lowest BCUT2D eigenvalue weighted by molar-refractivity contribution is 0.0488. The lowest BCUT2D eigenvalue weighted by Gasteiger charge is -2.15. The lowest BCUT2D eigenvalue weighted by atomic mass is 9.95. The number of methoxy groups -OCH3 is 1. The Morgan fingerprint density at radius 3 is 1.68 bits per heavy atom. The summed E-state index contributed by atoms with van der Waals surface area (Å²) in [7, 11) is 1.56. The highest BCUT2D eigenvalue weighted by atomic mass is 16.5. The van der Waals surface area contributed by atoms with Crippen molar-refractivity contribution in [2.45, 2.75) is 19.4 Å². The minimum Gasteiger partial charge on any atom is -0.497 e. The summed E-state index contributed by atoms with van der Waals surface area (Å²) in [5.41, 5.74) is -0.0276. The molecule has 0 aliphatic carbocycles. The molecule has 4 heteroatoms. The van der Waals surface area contributed by atoms with E-state index in [1.165, 1.54) is 13.8 Å². The summed E-state index contributed by atoms with van der Waals surface area (Å²) in [5.74, 6) is 0.170. The average Bonchev–Trinajstić information content (AvgIpc) is 2.53. The van der Waals surface area contributed by atoms with Gasteiger partial charge in [0.1, 0.15) is 11.4 Å². The van der Waals surface area contributed by atoms with Gasteiger partial charge in [-0.25, -0.2) is 0 Å². The van der Waals surface area contributed by atoms with Crippen LogP contribution in [0.4, 0.5) is 0 Å². The van der Waals surface area contributed by atoms with Crippen molar-refractivity contribution in [1.82, 2.24) is 0 Å². The van der Waals surface area contributed by atoms with Crippen LogP contribution in [0.15, 0.2) is 48.5 Å². The van der Waals surface area contributed by atoms with Crippen molar-refractivity contribution in [3.05, 3.63) is 65.2 Å². The van der Waals surface area contributed by atoms with Crippen molar-refractivity contribution in [1.29, 1.82) is 0 Å². The molecular weight excluding hydrogens is 280 g/mol. The third-order valence-corrected chi connectivity index (χ3v) is 3.32. The first kappa shape index (κ1) is 15.9. The normalized spacial score (nSPS) is 11.1. The molecule has 0 bridgehead atoms. The van der Waals surface area contributed by atoms with E-state index in [0.29, 0.717) is 22.4 Å². The van der Waals surface area contributed by atoms with Gasteiger partial charge in [0, 0.05) is 16.7 Å². The van der Waals surface area contributed by atoms with Gasteiger partial charge in [0.15, 0.2) is 11.6 Å². The van der Waals surface area contributed by atoms with E-state index in [0.717, 1.165) is 0 Å². The van der Waals surface area contributed by atoms with Gasteiger partial charge in [-0.3, -0.25) is 9.59 Å². The molecule has 0 unspecified atom stereocenters. The van der Waals surface area contributed by atoms with E-state index in [9.17, 15) is 14.7 Å². The molecule has 0 heterocycles. The third kappa shape index (κ3) is 3.40. The number of carbonyl (C=O) groups excluding carboxylic acids is 2. The van der Waals surface area contributed by atoms with Crippen LogP contribution in [-0.2, 0) is 0 Å². The number of rotatable bonds is 5. The SMILES string of the molecule is COc1ccc(C(=O)c2ccc(C(=O)C(C)(C)O)cc2)cc1. The molecule has 22 heavy (non-hydrogen) atoms. The fourth-order valence-electron chi connectivity index (χ4n) is 2.04. The summed E-state index contributed by atoms with van der Waals surface area (Å²) in [6.45, 7) is 2.87. The fourth-order valence-corrected chi connectivity index (χ4v) is 2.04. The molecule has 4 nitrogen and oxygen atoms in total. The van der Waals surface area contributed by atoms with Gasteiger partial charge >= 0.3 is 0 Å². The number of aliphatic hydroxyl groups is 1. The van der Waals surface area contributed by atoms with Crippen LogP contribution in [0.2, 0.25) is 0 Å². The van der Waals surface area contributed by atoms with Crippen molar-refractivity contribution in [2.75, 3.05) is 7.11 Å². The predicted octanol–water partition coefficient (Wildman–Crippen LogP) is 2.88. The number of carbonyl (C=O) groups is 2. The maximum Gasteiger partial charge on any atom is 0.193 e. The molecule has 0 saturated heterocycles. The monoisotopic (exact) mass is 298 g/mol. The molecule has 2 aromatic rings. The first-order valence-electron chi connectivity index (χ1n) is 6.89. The fraction of sp³-hybridized carbons (Fsp3) is 0.222. The number of ketones is 2. The van der Waals surface area contributed by atoms with Crippen LogP contribution in [0, 0.1) is 0 Å². The smallest absolute Gasteiger partial charge is 0.193 e. The number of benzene rings is 2. The van der Waals surface area contributed by atoms with E-state index in [1.54, 1.807) is 55.6 Å². The van der Waals surface area contributed by atoms with Crippen LogP contribution in [0.5, 0.6) is 5.75 Å². The maximum atomic E-state index is 12.3. The van der Waals surface area contributed by atoms with E-state index in [2.05, 4.69) is 0 Å². The Kier molecular flexibility index (Phi) is 4.43. The highest BCUT2D eigenvalue weighted by Gasteiger charge is 2.25. The number of hydrogen-bond donors (Lipinski definition) is 1. The molecule has 2 rings (SSSR count). The van der Waals surface area contributed by atoms with Crippen molar-refractivity contribution in [3.8, 4) is 5.75 Å². The molecule has 0 aliphatic rings. The van der Waals surface area contributed by atoms with Crippen LogP contribution >= 0.6 is 0 Å². The van der Waals surface area contributed by atoms with Crippen LogP contribution in [-0.4, -0.2) is 29.4 Å². The predicted molar refractivity (Wildman–Crippen MR) is 83.5 cm³/mol. The summed E-state index contributed by atoms with van der Waals surface area (Å²) < 4.78 is 5.06. The van der Waals surface area contributed by atoms with Gasteiger partial charge in [0.2, 0.25) is 0 Å². The topological polar surface area (TPSA) is 63.6 Å². The van der Waals surface area contributed by atoms with Crippen molar-refractivity contribution >= 4 is 11.6 Å². The Hall–Kier alpha value is -2.46. The zero-order valence-corrected chi connectivity index (χ0v) is 12.8. The van der Waals surface area contributed by atoms with Gasteiger partial charge in [-0.05, 0) is 38.1 Å². The van der Waals surface area contributed by atoms with Crippen molar-refractivity contribution in [3.63, 3.8) is 0 Å². The van der Waals surface area contributed by atoms with Gasteiger partial charge in [-0.1, -0.05) is 24.3 Å². The highest BCUT2D eigenvalue weighted by molar-refractivity contribution is 6.10. The Bertz CT molecular complexity index is 677. The van der Waals surface area contributed by atoms with E-state index in [4.69, 9.17) is 4.74 Å². The van der Waals surface area contributed by atoms with Crippen LogP contribution in [0.25, 0.3) is 0 Å². The lowest BCUT2D eigenvalue weighted by Crippen LogP contribution is -2.31. The second-order valence-corrected chi connectivity index (χ2v) is 5.52. The zero-order valence-electron chi connectivity index (χ0n) is 12.8. The number of ether oxygens (including phenoxy) is 1. The molecule has 0 radical (unpaired) electrons. The summed E-state index contributed by atoms with van der Waals surface area (Å²) in [6, 6.07) is 13.1. The summed E-state index contributed by atoms with van der Waals surface area (Å²) in [6.07, 6.45) is 0. The summed E-state index contributed by atoms with van der Waals surface area (Å²) in [5, 5.41) is 9.72. The summed E-state index contributed by atoms with van der Waals surface area (Å²) >= 11 is 0. The van der Waals surface area contributed by atoms with Crippen molar-refractivity contribution < 1.29 is 19.4 Å². The van der Waals surface area contributed by atoms with Crippen molar-refractivity contribution in [2.24, 2.45) is 0 Å². The molecule has 0 atom stereocenters. The Morgan fingerprint density at radius 2 is 1.27 bits per heavy atom. The molecule has 0 aliphatic heterocycles. The van der Waals surface area contributed by atoms with E-state index < -0.39 is 5.60 Å². The van der Waals surface area contributed by atoms with Gasteiger partial charge in [0.05, 0.1) is 7.11 Å². The first-order valence-corrected chi connectivity index (χ1v) is 6.89. The molecule has 1 N–H and O–H groups in total. The van der Waals surface area contributed by atoms with Gasteiger partial charge in [0.25, 0.3) is 0 Å². The molecule has 0 saturated carbocycles. The average molecular weight is 298 g/mol. The molecule has 2 aromatic carbocycles. The van der Waals surface area contributed by atoms with Gasteiger partial charge < -0.3 is 9.84 Å². The second kappa shape index (κ2) is 6.12. The Morgan fingerprint density at radius 1 is 0.864 bits per heavy atom. The minimum absolute atomic E-state index is 0.134. The quantitative estimate of drug-likeness (QED) is 0.862. The Balaban J connectivity index is 2.22. The van der Waals surface area contributed by atoms with Gasteiger partial charge in [-0.15, -0.1) is 0 Å². The molecule has 0 spiro atoms. The molecular formula is C18H18O4. The van der Waals surface area contributed by atoms with Crippen LogP contribution in [0.1, 0.15) is 40.1 Å². The number of hydrogen-bond acceptors (Lipinski definition) is 4. The molecule has 0 aromatic heterocycles. The van der Waals surface area contributed by atoms with Crippen LogP contribution < -0.4 is 4.74 Å². The van der Waals surface area contributed by atoms with E-state index in [-0.39, 0.29) is 11.6 Å². The van der Waals surface area contributed by atoms with E-state index >= 15 is 0 Å². The molecule has 0 amide bonds. The minimum atomic E-state index is -1.43. The maximum absolute atomic E-state index is 12.3. The van der Waals surface area contributed by atoms with Crippen LogP contribution in [0.3, 0.4) is 0 Å². The standard InChI is InChI=1S/C18H18O4/c1-18(2,21)17(20)14-6-4-12(5-7-14)16(19)13-8-10-15(22-3)11-9-13/h4-11,21H,1-3H3. The molecule has 114 valence electrons. The third-order valence-electron chi connectivity index (χ3n) is 3.32. The zero-order chi connectivity index (χ0) is 16.3. The highest BCUT2D eigenvalue weighted by Crippen LogP contribution is 2.17. The van der Waals surface area contributed by atoms with Gasteiger partial charge in [-0.2, -0.15) is 0 Å².